The van der Waals surface area contributed by atoms with Gasteiger partial charge in [0.05, 0.1) is 0 Å². The van der Waals surface area contributed by atoms with Gasteiger partial charge in [-0.2, -0.15) is 0 Å². The van der Waals surface area contributed by atoms with Crippen LogP contribution < -0.4 is 0 Å². The topological polar surface area (TPSA) is 3.24 Å². The van der Waals surface area contributed by atoms with Crippen molar-refractivity contribution in [3.63, 3.8) is 0 Å². The maximum absolute atomic E-state index is 2.77. The third kappa shape index (κ3) is 21.5. The van der Waals surface area contributed by atoms with Crippen LogP contribution >= 0.6 is 0 Å². The van der Waals surface area contributed by atoms with Gasteiger partial charge >= 0.3 is 0 Å². The monoisotopic (exact) mass is 389 g/mol. The molecule has 0 aliphatic carbocycles. The van der Waals surface area contributed by atoms with Gasteiger partial charge in [0, 0.05) is 0 Å². The van der Waals surface area contributed by atoms with E-state index in [9.17, 15) is 0 Å². The molecule has 0 atom stereocenters. The molecule has 0 spiro atoms. The standard InChI is InChI=1S/C27H51N/c1-4-7-10-13-16-19-22-25-28(26-23-20-17-14-11-8-5-2)27-24-21-18-15-12-9-6-3/h4-9H,10-27H2,1-3H3/b7-4+,8-5+,9-6+. The van der Waals surface area contributed by atoms with Gasteiger partial charge in [-0.15, -0.1) is 0 Å². The molecule has 0 amide bonds. The van der Waals surface area contributed by atoms with Crippen molar-refractivity contribution >= 4 is 0 Å². The van der Waals surface area contributed by atoms with E-state index < -0.39 is 0 Å². The molecule has 0 heterocycles. The van der Waals surface area contributed by atoms with Crippen LogP contribution in [0.1, 0.15) is 117 Å². The van der Waals surface area contributed by atoms with Crippen molar-refractivity contribution in [3.8, 4) is 0 Å². The van der Waals surface area contributed by atoms with E-state index in [1.165, 1.54) is 116 Å². The molecule has 164 valence electrons. The molecule has 0 aliphatic rings. The fraction of sp³-hybridized carbons (Fsp3) is 0.778. The van der Waals surface area contributed by atoms with E-state index in [1.54, 1.807) is 0 Å². The van der Waals surface area contributed by atoms with Gasteiger partial charge in [0.1, 0.15) is 0 Å². The minimum atomic E-state index is 1.26. The molecular formula is C27H51N. The number of allylic oxidation sites excluding steroid dienone is 6. The molecule has 0 rings (SSSR count). The lowest BCUT2D eigenvalue weighted by Gasteiger charge is -2.22. The number of unbranched alkanes of at least 4 members (excludes halogenated alkanes) is 12. The largest absolute Gasteiger partial charge is 0.303 e. The fourth-order valence-electron chi connectivity index (χ4n) is 3.69. The summed E-state index contributed by atoms with van der Waals surface area (Å²) in [6.45, 7) is 10.3. The van der Waals surface area contributed by atoms with Crippen LogP contribution in [-0.4, -0.2) is 24.5 Å². The average molecular weight is 390 g/mol. The maximum Gasteiger partial charge on any atom is -0.00187 e. The van der Waals surface area contributed by atoms with Crippen LogP contribution in [0.3, 0.4) is 0 Å². The molecule has 28 heavy (non-hydrogen) atoms. The first-order valence-electron chi connectivity index (χ1n) is 12.4. The van der Waals surface area contributed by atoms with E-state index in [0.717, 1.165) is 0 Å². The molecule has 0 aromatic heterocycles. The Balaban J connectivity index is 3.88. The first-order chi connectivity index (χ1) is 13.8. The highest BCUT2D eigenvalue weighted by Gasteiger charge is 2.04. The van der Waals surface area contributed by atoms with E-state index in [0.29, 0.717) is 0 Å². The zero-order valence-corrected chi connectivity index (χ0v) is 19.6. The highest BCUT2D eigenvalue weighted by molar-refractivity contribution is 4.77. The molecule has 1 heteroatoms. The SMILES string of the molecule is C/C=C/CCCCCCN(CCCCCC/C=C/C)CCCCCC/C=C/C. The van der Waals surface area contributed by atoms with Crippen LogP contribution in [0.4, 0.5) is 0 Å². The average Bonchev–Trinajstić information content (AvgIpc) is 2.71. The van der Waals surface area contributed by atoms with Gasteiger partial charge in [0.15, 0.2) is 0 Å². The van der Waals surface area contributed by atoms with Gasteiger partial charge in [-0.1, -0.05) is 75.0 Å². The van der Waals surface area contributed by atoms with Gasteiger partial charge in [-0.3, -0.25) is 0 Å². The molecule has 0 saturated heterocycles. The zero-order chi connectivity index (χ0) is 20.5. The zero-order valence-electron chi connectivity index (χ0n) is 19.6. The van der Waals surface area contributed by atoms with Crippen LogP contribution in [-0.2, 0) is 0 Å². The summed E-state index contributed by atoms with van der Waals surface area (Å²) in [5.74, 6) is 0. The van der Waals surface area contributed by atoms with E-state index in [4.69, 9.17) is 0 Å². The molecule has 0 unspecified atom stereocenters. The Morgan fingerprint density at radius 1 is 0.393 bits per heavy atom. The summed E-state index contributed by atoms with van der Waals surface area (Å²) in [6, 6.07) is 0. The normalized spacial score (nSPS) is 12.4. The van der Waals surface area contributed by atoms with Crippen molar-refractivity contribution in [3.05, 3.63) is 36.5 Å². The molecule has 0 fully saturated rings. The quantitative estimate of drug-likeness (QED) is 0.140. The smallest absolute Gasteiger partial charge is 0.00187 e. The first-order valence-corrected chi connectivity index (χ1v) is 12.4. The molecule has 0 saturated carbocycles. The van der Waals surface area contributed by atoms with Gasteiger partial charge in [0.2, 0.25) is 0 Å². The number of hydrogen-bond donors (Lipinski definition) is 0. The molecule has 0 radical (unpaired) electrons. The van der Waals surface area contributed by atoms with E-state index in [2.05, 4.69) is 62.1 Å². The Bertz CT molecular complexity index is 309. The number of nitrogens with zero attached hydrogens (tertiary/aromatic N) is 1. The maximum atomic E-state index is 2.77. The number of hydrogen-bond acceptors (Lipinski definition) is 1. The minimum Gasteiger partial charge on any atom is -0.303 e. The Kier molecular flexibility index (Phi) is 23.5. The molecule has 0 bridgehead atoms. The predicted octanol–water partition coefficient (Wildman–Crippen LogP) is 8.87. The van der Waals surface area contributed by atoms with Crippen molar-refractivity contribution in [2.75, 3.05) is 19.6 Å². The summed E-state index contributed by atoms with van der Waals surface area (Å²) < 4.78 is 0. The molecule has 1 nitrogen and oxygen atoms in total. The highest BCUT2D eigenvalue weighted by Crippen LogP contribution is 2.10. The fourth-order valence-corrected chi connectivity index (χ4v) is 3.69. The molecule has 0 aliphatic heterocycles. The van der Waals surface area contributed by atoms with Crippen LogP contribution in [0.2, 0.25) is 0 Å². The van der Waals surface area contributed by atoms with Crippen LogP contribution in [0.15, 0.2) is 36.5 Å². The van der Waals surface area contributed by atoms with Crippen molar-refractivity contribution in [2.24, 2.45) is 0 Å². The third-order valence-corrected chi connectivity index (χ3v) is 5.49. The third-order valence-electron chi connectivity index (χ3n) is 5.49. The molecular weight excluding hydrogens is 338 g/mol. The van der Waals surface area contributed by atoms with Gasteiger partial charge in [0.25, 0.3) is 0 Å². The summed E-state index contributed by atoms with van der Waals surface area (Å²) in [6.07, 6.45) is 33.9. The van der Waals surface area contributed by atoms with Gasteiger partial charge < -0.3 is 4.90 Å². The first kappa shape index (κ1) is 27.2. The Labute approximate surface area is 178 Å². The van der Waals surface area contributed by atoms with Gasteiger partial charge in [-0.05, 0) is 98.2 Å². The second-order valence-corrected chi connectivity index (χ2v) is 8.16. The summed E-state index contributed by atoms with van der Waals surface area (Å²) in [7, 11) is 0. The lowest BCUT2D eigenvalue weighted by atomic mass is 10.1. The van der Waals surface area contributed by atoms with Gasteiger partial charge in [-0.25, -0.2) is 0 Å². The van der Waals surface area contributed by atoms with E-state index in [-0.39, 0.29) is 0 Å². The van der Waals surface area contributed by atoms with Crippen LogP contribution in [0.5, 0.6) is 0 Å². The summed E-state index contributed by atoms with van der Waals surface area (Å²) in [5, 5.41) is 0. The van der Waals surface area contributed by atoms with Crippen molar-refractivity contribution in [1.82, 2.24) is 4.90 Å². The van der Waals surface area contributed by atoms with E-state index >= 15 is 0 Å². The predicted molar refractivity (Wildman–Crippen MR) is 130 cm³/mol. The second-order valence-electron chi connectivity index (χ2n) is 8.16. The summed E-state index contributed by atoms with van der Waals surface area (Å²) in [4.78, 5) is 2.77. The van der Waals surface area contributed by atoms with E-state index in [1.807, 2.05) is 0 Å². The van der Waals surface area contributed by atoms with Crippen LogP contribution in [0.25, 0.3) is 0 Å². The lowest BCUT2D eigenvalue weighted by Crippen LogP contribution is -2.27. The van der Waals surface area contributed by atoms with Crippen molar-refractivity contribution in [2.45, 2.75) is 117 Å². The summed E-state index contributed by atoms with van der Waals surface area (Å²) >= 11 is 0. The minimum absolute atomic E-state index is 1.26. The molecule has 0 N–H and O–H groups in total. The van der Waals surface area contributed by atoms with Crippen molar-refractivity contribution < 1.29 is 0 Å². The second kappa shape index (κ2) is 24.2. The molecule has 0 aromatic rings. The Morgan fingerprint density at radius 3 is 0.964 bits per heavy atom. The summed E-state index contributed by atoms with van der Waals surface area (Å²) in [5.41, 5.74) is 0. The Morgan fingerprint density at radius 2 is 0.679 bits per heavy atom. The molecule has 0 aromatic carbocycles. The lowest BCUT2D eigenvalue weighted by molar-refractivity contribution is 0.254. The number of rotatable bonds is 21. The highest BCUT2D eigenvalue weighted by atomic mass is 15.1. The van der Waals surface area contributed by atoms with Crippen LogP contribution in [0, 0.1) is 0 Å². The van der Waals surface area contributed by atoms with Crippen molar-refractivity contribution in [1.29, 1.82) is 0 Å². The Hall–Kier alpha value is -0.820.